The highest BCUT2D eigenvalue weighted by Crippen LogP contribution is 2.43. The van der Waals surface area contributed by atoms with Gasteiger partial charge in [0.15, 0.2) is 11.5 Å². The summed E-state index contributed by atoms with van der Waals surface area (Å²) < 4.78 is 6.90. The smallest absolute Gasteiger partial charge is 0.263 e. The fourth-order valence-corrected chi connectivity index (χ4v) is 3.42. The predicted molar refractivity (Wildman–Crippen MR) is 91.0 cm³/mol. The molecule has 1 amide bonds. The van der Waals surface area contributed by atoms with Crippen molar-refractivity contribution < 1.29 is 14.6 Å². The third-order valence-electron chi connectivity index (χ3n) is 2.40. The lowest BCUT2D eigenvalue weighted by Crippen LogP contribution is -2.17. The van der Waals surface area contributed by atoms with Crippen LogP contribution in [0.5, 0.6) is 11.5 Å². The number of halogens is 2. The molecule has 0 atom stereocenters. The first-order valence-electron chi connectivity index (χ1n) is 5.52. The molecule has 1 aliphatic heterocycles. The summed E-state index contributed by atoms with van der Waals surface area (Å²) in [6.07, 6.45) is 1.69. The Hall–Kier alpha value is -0.570. The van der Waals surface area contributed by atoms with E-state index in [2.05, 4.69) is 37.2 Å². The van der Waals surface area contributed by atoms with E-state index in [1.165, 1.54) is 11.8 Å². The molecule has 0 saturated carbocycles. The first-order valence-corrected chi connectivity index (χ1v) is 8.33. The number of carbonyl (C=O) groups excluding carboxylic acids is 1. The molecule has 0 radical (unpaired) electrons. The number of amides is 1. The number of phenolic OH excluding ortho intramolecular Hbond substituents is 1. The molecule has 106 valence electrons. The van der Waals surface area contributed by atoms with Crippen molar-refractivity contribution in [2.24, 2.45) is 0 Å². The standard InChI is InChI=1S/C12H9Br2NO3S2/c1-2-18-6-3-5(8(13)9(14)10(6)16)4-7-11(17)15-12(19)20-7/h3-4,16H,2H2,1H3,(H,15,17,19)/b7-4-. The van der Waals surface area contributed by atoms with Crippen LogP contribution in [0.15, 0.2) is 19.9 Å². The second kappa shape index (κ2) is 6.46. The molecule has 0 aromatic heterocycles. The number of aromatic hydroxyl groups is 1. The van der Waals surface area contributed by atoms with E-state index in [4.69, 9.17) is 17.0 Å². The summed E-state index contributed by atoms with van der Waals surface area (Å²) in [5, 5.41) is 12.5. The highest BCUT2D eigenvalue weighted by atomic mass is 79.9. The van der Waals surface area contributed by atoms with Gasteiger partial charge in [-0.3, -0.25) is 4.79 Å². The Morgan fingerprint density at radius 3 is 2.75 bits per heavy atom. The SMILES string of the molecule is CCOc1cc(/C=C2\SC(=S)NC2=O)c(Br)c(Br)c1O. The van der Waals surface area contributed by atoms with Crippen molar-refractivity contribution >= 4 is 72.1 Å². The van der Waals surface area contributed by atoms with Gasteiger partial charge in [-0.15, -0.1) is 0 Å². The van der Waals surface area contributed by atoms with Crippen molar-refractivity contribution in [1.82, 2.24) is 5.32 Å². The second-order valence-corrected chi connectivity index (χ2v) is 7.03. The van der Waals surface area contributed by atoms with Gasteiger partial charge in [0.05, 0.1) is 16.0 Å². The van der Waals surface area contributed by atoms with Gasteiger partial charge in [0.1, 0.15) is 4.32 Å². The van der Waals surface area contributed by atoms with E-state index in [0.29, 0.717) is 36.1 Å². The summed E-state index contributed by atoms with van der Waals surface area (Å²) in [5.74, 6) is 0.134. The molecule has 4 nitrogen and oxygen atoms in total. The van der Waals surface area contributed by atoms with Crippen molar-refractivity contribution in [3.05, 3.63) is 25.5 Å². The van der Waals surface area contributed by atoms with Crippen LogP contribution in [0.25, 0.3) is 6.08 Å². The van der Waals surface area contributed by atoms with Gasteiger partial charge in [-0.1, -0.05) is 24.0 Å². The summed E-state index contributed by atoms with van der Waals surface area (Å²) in [6, 6.07) is 1.66. The Bertz CT molecular complexity index is 632. The normalized spacial score (nSPS) is 16.6. The van der Waals surface area contributed by atoms with E-state index in [-0.39, 0.29) is 11.7 Å². The minimum atomic E-state index is -0.228. The largest absolute Gasteiger partial charge is 0.503 e. The number of carbonyl (C=O) groups is 1. The molecule has 0 spiro atoms. The fraction of sp³-hybridized carbons (Fsp3) is 0.167. The van der Waals surface area contributed by atoms with E-state index >= 15 is 0 Å². The molecular formula is C12H9Br2NO3S2. The summed E-state index contributed by atoms with van der Waals surface area (Å²) in [6.45, 7) is 2.25. The predicted octanol–water partition coefficient (Wildman–Crippen LogP) is 3.80. The van der Waals surface area contributed by atoms with Crippen LogP contribution in [0.1, 0.15) is 12.5 Å². The van der Waals surface area contributed by atoms with Crippen LogP contribution in [0.3, 0.4) is 0 Å². The van der Waals surface area contributed by atoms with Crippen LogP contribution in [0.4, 0.5) is 0 Å². The van der Waals surface area contributed by atoms with E-state index < -0.39 is 0 Å². The van der Waals surface area contributed by atoms with Crippen LogP contribution in [0.2, 0.25) is 0 Å². The Balaban J connectivity index is 2.49. The molecule has 1 aromatic carbocycles. The molecule has 8 heteroatoms. The van der Waals surface area contributed by atoms with Gasteiger partial charge in [0.25, 0.3) is 5.91 Å². The molecule has 1 heterocycles. The maximum Gasteiger partial charge on any atom is 0.263 e. The topological polar surface area (TPSA) is 58.6 Å². The molecule has 2 N–H and O–H groups in total. The molecule has 0 bridgehead atoms. The average molecular weight is 439 g/mol. The molecule has 20 heavy (non-hydrogen) atoms. The van der Waals surface area contributed by atoms with Crippen molar-refractivity contribution in [3.63, 3.8) is 0 Å². The van der Waals surface area contributed by atoms with Crippen LogP contribution in [0, 0.1) is 0 Å². The zero-order valence-electron chi connectivity index (χ0n) is 10.2. The third-order valence-corrected chi connectivity index (χ3v) is 5.72. The first-order chi connectivity index (χ1) is 9.43. The Labute approximate surface area is 142 Å². The molecule has 0 unspecified atom stereocenters. The van der Waals surface area contributed by atoms with Gasteiger partial charge in [0, 0.05) is 4.47 Å². The van der Waals surface area contributed by atoms with Gasteiger partial charge in [0.2, 0.25) is 0 Å². The maximum atomic E-state index is 11.7. The van der Waals surface area contributed by atoms with E-state index in [0.717, 1.165) is 0 Å². The number of hydrogen-bond acceptors (Lipinski definition) is 5. The van der Waals surface area contributed by atoms with Crippen LogP contribution < -0.4 is 10.1 Å². The van der Waals surface area contributed by atoms with Crippen LogP contribution >= 0.6 is 55.8 Å². The van der Waals surface area contributed by atoms with E-state index in [9.17, 15) is 9.90 Å². The summed E-state index contributed by atoms with van der Waals surface area (Å²) >= 11 is 12.8. The number of hydrogen-bond donors (Lipinski definition) is 2. The zero-order valence-corrected chi connectivity index (χ0v) is 15.0. The number of thioether (sulfide) groups is 1. The third kappa shape index (κ3) is 3.19. The summed E-state index contributed by atoms with van der Waals surface area (Å²) in [4.78, 5) is 12.2. The molecule has 1 fully saturated rings. The van der Waals surface area contributed by atoms with Gasteiger partial charge >= 0.3 is 0 Å². The summed E-state index contributed by atoms with van der Waals surface area (Å²) in [7, 11) is 0. The number of phenols is 1. The monoisotopic (exact) mass is 437 g/mol. The van der Waals surface area contributed by atoms with E-state index in [1.807, 2.05) is 6.92 Å². The highest BCUT2D eigenvalue weighted by molar-refractivity contribution is 9.13. The van der Waals surface area contributed by atoms with Crippen molar-refractivity contribution in [2.45, 2.75) is 6.92 Å². The maximum absolute atomic E-state index is 11.7. The number of rotatable bonds is 3. The van der Waals surface area contributed by atoms with Crippen LogP contribution in [-0.2, 0) is 4.79 Å². The zero-order chi connectivity index (χ0) is 14.9. The molecule has 0 aliphatic carbocycles. The van der Waals surface area contributed by atoms with Crippen LogP contribution in [-0.4, -0.2) is 21.9 Å². The Morgan fingerprint density at radius 1 is 1.50 bits per heavy atom. The van der Waals surface area contributed by atoms with Gasteiger partial charge in [-0.25, -0.2) is 0 Å². The van der Waals surface area contributed by atoms with Gasteiger partial charge < -0.3 is 15.2 Å². The number of benzene rings is 1. The molecular weight excluding hydrogens is 430 g/mol. The van der Waals surface area contributed by atoms with Crippen molar-refractivity contribution in [1.29, 1.82) is 0 Å². The van der Waals surface area contributed by atoms with Crippen molar-refractivity contribution in [2.75, 3.05) is 6.61 Å². The molecule has 1 saturated heterocycles. The quantitative estimate of drug-likeness (QED) is 0.555. The Kier molecular flexibility index (Phi) is 5.11. The lowest BCUT2D eigenvalue weighted by molar-refractivity contribution is -0.115. The minimum Gasteiger partial charge on any atom is -0.503 e. The van der Waals surface area contributed by atoms with Crippen molar-refractivity contribution in [3.8, 4) is 11.5 Å². The van der Waals surface area contributed by atoms with E-state index in [1.54, 1.807) is 12.1 Å². The minimum absolute atomic E-state index is 0.0138. The lowest BCUT2D eigenvalue weighted by Gasteiger charge is -2.11. The second-order valence-electron chi connectivity index (χ2n) is 3.73. The molecule has 2 rings (SSSR count). The number of thiocarbonyl (C=S) groups is 1. The molecule has 1 aromatic rings. The van der Waals surface area contributed by atoms with Gasteiger partial charge in [-0.2, -0.15) is 0 Å². The number of nitrogens with one attached hydrogen (secondary N) is 1. The molecule has 1 aliphatic rings. The summed E-state index contributed by atoms with van der Waals surface area (Å²) in [5.41, 5.74) is 0.709. The first kappa shape index (κ1) is 15.8. The van der Waals surface area contributed by atoms with Gasteiger partial charge in [-0.05, 0) is 56.5 Å². The highest BCUT2D eigenvalue weighted by Gasteiger charge is 2.23. The lowest BCUT2D eigenvalue weighted by atomic mass is 10.2. The number of ether oxygens (including phenoxy) is 1. The average Bonchev–Trinajstić information content (AvgIpc) is 2.71. The fourth-order valence-electron chi connectivity index (χ4n) is 1.54. The Morgan fingerprint density at radius 2 is 2.20 bits per heavy atom.